The normalized spacial score (nSPS) is 15.5. The molecule has 0 amide bonds. The quantitative estimate of drug-likeness (QED) is 0.816. The molecule has 0 bridgehead atoms. The molecule has 0 aliphatic heterocycles. The van der Waals surface area contributed by atoms with Gasteiger partial charge in [0, 0.05) is 18.3 Å². The van der Waals surface area contributed by atoms with Crippen LogP contribution in [0.15, 0.2) is 12.3 Å². The minimum absolute atomic E-state index is 0.214. The summed E-state index contributed by atoms with van der Waals surface area (Å²) in [5.74, 6) is 0.481. The zero-order valence-corrected chi connectivity index (χ0v) is 9.61. The second-order valence-electron chi connectivity index (χ2n) is 4.29. The number of aromatic nitrogens is 2. The van der Waals surface area contributed by atoms with Crippen molar-refractivity contribution < 1.29 is 13.9 Å². The van der Waals surface area contributed by atoms with Gasteiger partial charge in [-0.1, -0.05) is 0 Å². The fourth-order valence-corrected chi connectivity index (χ4v) is 1.07. The number of rotatable bonds is 5. The number of hydrogen-bond acceptors (Lipinski definition) is 3. The third kappa shape index (κ3) is 3.16. The maximum absolute atomic E-state index is 12.3. The Kier molecular flexibility index (Phi) is 3.85. The minimum atomic E-state index is -2.79. The average molecular weight is 233 g/mol. The van der Waals surface area contributed by atoms with Crippen molar-refractivity contribution in [1.82, 2.24) is 9.78 Å². The maximum atomic E-state index is 12.3. The van der Waals surface area contributed by atoms with E-state index in [1.807, 2.05) is 13.8 Å². The molecule has 0 aliphatic carbocycles. The standard InChI is InChI=1S/C10H17F2N3O/c1-7(2)15-5-4-8(14-15)13-6-10(3,16)9(11)12/h4-5,7,9,16H,6H2,1-3H3,(H,13,14). The number of hydrogen-bond donors (Lipinski definition) is 2. The average Bonchev–Trinajstić information content (AvgIpc) is 2.63. The summed E-state index contributed by atoms with van der Waals surface area (Å²) in [4.78, 5) is 0. The molecule has 0 aromatic carbocycles. The SMILES string of the molecule is CC(C)n1ccc(NCC(C)(O)C(F)F)n1. The largest absolute Gasteiger partial charge is 0.382 e. The van der Waals surface area contributed by atoms with Gasteiger partial charge in [0.2, 0.25) is 0 Å². The van der Waals surface area contributed by atoms with E-state index in [4.69, 9.17) is 0 Å². The number of anilines is 1. The molecule has 0 saturated carbocycles. The van der Waals surface area contributed by atoms with Crippen molar-refractivity contribution in [3.8, 4) is 0 Å². The smallest absolute Gasteiger partial charge is 0.268 e. The third-order valence-electron chi connectivity index (χ3n) is 2.23. The highest BCUT2D eigenvalue weighted by Gasteiger charge is 2.32. The van der Waals surface area contributed by atoms with Crippen molar-refractivity contribution in [2.75, 3.05) is 11.9 Å². The molecule has 1 atom stereocenters. The molecule has 2 N–H and O–H groups in total. The van der Waals surface area contributed by atoms with Crippen LogP contribution < -0.4 is 5.32 Å². The van der Waals surface area contributed by atoms with E-state index in [0.29, 0.717) is 5.82 Å². The van der Waals surface area contributed by atoms with E-state index >= 15 is 0 Å². The molecule has 0 radical (unpaired) electrons. The van der Waals surface area contributed by atoms with Crippen molar-refractivity contribution in [2.45, 2.75) is 38.8 Å². The van der Waals surface area contributed by atoms with Gasteiger partial charge in [0.05, 0.1) is 6.54 Å². The number of alkyl halides is 2. The van der Waals surface area contributed by atoms with Gasteiger partial charge in [-0.25, -0.2) is 8.78 Å². The number of nitrogens with one attached hydrogen (secondary N) is 1. The van der Waals surface area contributed by atoms with Crippen LogP contribution in [0, 0.1) is 0 Å². The van der Waals surface area contributed by atoms with Gasteiger partial charge in [0.1, 0.15) is 11.4 Å². The summed E-state index contributed by atoms with van der Waals surface area (Å²) in [5, 5.41) is 16.1. The van der Waals surface area contributed by atoms with Gasteiger partial charge in [-0.2, -0.15) is 5.10 Å². The topological polar surface area (TPSA) is 50.1 Å². The first kappa shape index (κ1) is 12.9. The van der Waals surface area contributed by atoms with Crippen molar-refractivity contribution in [3.05, 3.63) is 12.3 Å². The van der Waals surface area contributed by atoms with Crippen LogP contribution in [-0.4, -0.2) is 33.5 Å². The van der Waals surface area contributed by atoms with Crippen molar-refractivity contribution in [2.24, 2.45) is 0 Å². The van der Waals surface area contributed by atoms with Gasteiger partial charge >= 0.3 is 0 Å². The summed E-state index contributed by atoms with van der Waals surface area (Å²) >= 11 is 0. The highest BCUT2D eigenvalue weighted by Crippen LogP contribution is 2.16. The molecule has 16 heavy (non-hydrogen) atoms. The lowest BCUT2D eigenvalue weighted by Crippen LogP contribution is -2.40. The summed E-state index contributed by atoms with van der Waals surface area (Å²) in [7, 11) is 0. The Bertz CT molecular complexity index is 337. The summed E-state index contributed by atoms with van der Waals surface area (Å²) in [5.41, 5.74) is -2.04. The van der Waals surface area contributed by atoms with Crippen LogP contribution in [-0.2, 0) is 0 Å². The second-order valence-corrected chi connectivity index (χ2v) is 4.29. The molecule has 0 spiro atoms. The zero-order valence-electron chi connectivity index (χ0n) is 9.61. The fraction of sp³-hybridized carbons (Fsp3) is 0.700. The predicted molar refractivity (Wildman–Crippen MR) is 57.7 cm³/mol. The van der Waals surface area contributed by atoms with Crippen molar-refractivity contribution in [1.29, 1.82) is 0 Å². The molecular weight excluding hydrogens is 216 g/mol. The lowest BCUT2D eigenvalue weighted by atomic mass is 10.1. The first-order valence-electron chi connectivity index (χ1n) is 5.12. The highest BCUT2D eigenvalue weighted by molar-refractivity contribution is 5.32. The summed E-state index contributed by atoms with van der Waals surface area (Å²) in [6.07, 6.45) is -1.03. The molecule has 1 rings (SSSR count). The van der Waals surface area contributed by atoms with E-state index < -0.39 is 12.0 Å². The molecule has 6 heteroatoms. The Morgan fingerprint density at radius 1 is 1.56 bits per heavy atom. The lowest BCUT2D eigenvalue weighted by molar-refractivity contribution is -0.0732. The van der Waals surface area contributed by atoms with Crippen LogP contribution in [0.2, 0.25) is 0 Å². The summed E-state index contributed by atoms with van der Waals surface area (Å²) in [6.45, 7) is 4.78. The van der Waals surface area contributed by atoms with Gasteiger partial charge in [-0.15, -0.1) is 0 Å². The highest BCUT2D eigenvalue weighted by atomic mass is 19.3. The number of aliphatic hydroxyl groups is 1. The molecule has 92 valence electrons. The van der Waals surface area contributed by atoms with Gasteiger partial charge in [-0.05, 0) is 20.8 Å². The minimum Gasteiger partial charge on any atom is -0.382 e. The number of halogens is 2. The molecule has 0 fully saturated rings. The lowest BCUT2D eigenvalue weighted by Gasteiger charge is -2.22. The van der Waals surface area contributed by atoms with Gasteiger partial charge in [-0.3, -0.25) is 4.68 Å². The summed E-state index contributed by atoms with van der Waals surface area (Å²) in [6, 6.07) is 1.90. The molecule has 1 aromatic heterocycles. The Hall–Kier alpha value is -1.17. The Morgan fingerprint density at radius 3 is 2.62 bits per heavy atom. The van der Waals surface area contributed by atoms with Gasteiger partial charge in [0.25, 0.3) is 6.43 Å². The summed E-state index contributed by atoms with van der Waals surface area (Å²) < 4.78 is 26.4. The molecule has 1 unspecified atom stereocenters. The first-order valence-corrected chi connectivity index (χ1v) is 5.12. The van der Waals surface area contributed by atoms with Crippen LogP contribution in [0.5, 0.6) is 0 Å². The Labute approximate surface area is 93.3 Å². The fourth-order valence-electron chi connectivity index (χ4n) is 1.07. The van der Waals surface area contributed by atoms with E-state index in [1.165, 1.54) is 0 Å². The molecule has 0 aliphatic rings. The van der Waals surface area contributed by atoms with Crippen LogP contribution in [0.25, 0.3) is 0 Å². The van der Waals surface area contributed by atoms with Crippen LogP contribution in [0.4, 0.5) is 14.6 Å². The van der Waals surface area contributed by atoms with Crippen LogP contribution in [0.1, 0.15) is 26.8 Å². The molecule has 4 nitrogen and oxygen atoms in total. The molecule has 0 saturated heterocycles. The Balaban J connectivity index is 2.55. The van der Waals surface area contributed by atoms with Crippen molar-refractivity contribution >= 4 is 5.82 Å². The van der Waals surface area contributed by atoms with Crippen LogP contribution >= 0.6 is 0 Å². The zero-order chi connectivity index (χ0) is 12.3. The monoisotopic (exact) mass is 233 g/mol. The van der Waals surface area contributed by atoms with E-state index in [-0.39, 0.29) is 12.6 Å². The number of nitrogens with zero attached hydrogens (tertiary/aromatic N) is 2. The predicted octanol–water partition coefficient (Wildman–Crippen LogP) is 1.89. The molecule has 1 heterocycles. The molecule has 1 aromatic rings. The van der Waals surface area contributed by atoms with E-state index in [2.05, 4.69) is 10.4 Å². The van der Waals surface area contributed by atoms with Gasteiger partial charge in [0.15, 0.2) is 0 Å². The van der Waals surface area contributed by atoms with Gasteiger partial charge < -0.3 is 10.4 Å². The Morgan fingerprint density at radius 2 is 2.19 bits per heavy atom. The van der Waals surface area contributed by atoms with Crippen molar-refractivity contribution in [3.63, 3.8) is 0 Å². The maximum Gasteiger partial charge on any atom is 0.268 e. The second kappa shape index (κ2) is 4.78. The first-order chi connectivity index (χ1) is 7.33. The molecular formula is C10H17F2N3O. The third-order valence-corrected chi connectivity index (χ3v) is 2.23. The van der Waals surface area contributed by atoms with Crippen LogP contribution in [0.3, 0.4) is 0 Å². The van der Waals surface area contributed by atoms with E-state index in [1.54, 1.807) is 16.9 Å². The van der Waals surface area contributed by atoms with E-state index in [0.717, 1.165) is 6.92 Å². The van der Waals surface area contributed by atoms with E-state index in [9.17, 15) is 13.9 Å².